The van der Waals surface area contributed by atoms with Crippen LogP contribution in [-0.4, -0.2) is 0 Å². The van der Waals surface area contributed by atoms with Gasteiger partial charge in [-0.05, 0) is 41.8 Å². The molecule has 0 atom stereocenters. The van der Waals surface area contributed by atoms with E-state index in [2.05, 4.69) is 36.5 Å². The number of allylic oxidation sites excluding steroid dienone is 10. The monoisotopic (exact) mass is 274 g/mol. The third-order valence-corrected chi connectivity index (χ3v) is 3.77. The Morgan fingerprint density at radius 1 is 0.810 bits per heavy atom. The number of furan rings is 2. The molecule has 0 aromatic carbocycles. The van der Waals surface area contributed by atoms with Crippen LogP contribution in [0.25, 0.3) is 11.1 Å². The molecule has 0 saturated carbocycles. The maximum Gasteiger partial charge on any atom is 0.134 e. The predicted octanol–water partition coefficient (Wildman–Crippen LogP) is 5.17. The predicted molar refractivity (Wildman–Crippen MR) is 83.3 cm³/mol. The second kappa shape index (κ2) is 4.98. The smallest absolute Gasteiger partial charge is 0.134 e. The van der Waals surface area contributed by atoms with Crippen LogP contribution in [0.2, 0.25) is 0 Å². The third-order valence-electron chi connectivity index (χ3n) is 3.77. The van der Waals surface area contributed by atoms with Gasteiger partial charge in [-0.15, -0.1) is 0 Å². The van der Waals surface area contributed by atoms with Crippen molar-refractivity contribution in [3.8, 4) is 0 Å². The minimum atomic E-state index is 0.867. The van der Waals surface area contributed by atoms with Gasteiger partial charge in [-0.25, -0.2) is 0 Å². The Labute approximate surface area is 123 Å². The molecular formula is C19H14O2. The first kappa shape index (κ1) is 12.0. The number of hydrogen-bond donors (Lipinski definition) is 0. The van der Waals surface area contributed by atoms with Gasteiger partial charge in [-0.3, -0.25) is 0 Å². The largest absolute Gasteiger partial charge is 0.464 e. The number of hydrogen-bond acceptors (Lipinski definition) is 2. The van der Waals surface area contributed by atoms with Crippen molar-refractivity contribution >= 4 is 11.1 Å². The molecule has 21 heavy (non-hydrogen) atoms. The van der Waals surface area contributed by atoms with Gasteiger partial charge in [0.2, 0.25) is 0 Å². The Morgan fingerprint density at radius 2 is 1.57 bits per heavy atom. The molecule has 0 spiro atoms. The minimum Gasteiger partial charge on any atom is -0.464 e. The fraction of sp³-hybridized carbons (Fsp3) is 0.0526. The van der Waals surface area contributed by atoms with Crippen molar-refractivity contribution in [2.45, 2.75) is 6.42 Å². The Bertz CT molecular complexity index is 792. The van der Waals surface area contributed by atoms with E-state index in [9.17, 15) is 0 Å². The molecule has 102 valence electrons. The zero-order chi connectivity index (χ0) is 14.1. The standard InChI is InChI=1S/C19H14O2/c1-5-14-13-15(16(7-1)18-9-3-11-20-18)6-2-8-17(14)19-10-4-12-21-19/h1-12H,13H2. The Hall–Kier alpha value is -2.74. The van der Waals surface area contributed by atoms with Crippen LogP contribution in [0.3, 0.4) is 0 Å². The SMILES string of the molecule is C1=CC2=C(c3ccco3)C=CC=C(C2)C(c2ccco2)=C1. The summed E-state index contributed by atoms with van der Waals surface area (Å²) < 4.78 is 11.1. The van der Waals surface area contributed by atoms with E-state index < -0.39 is 0 Å². The molecule has 2 aliphatic rings. The maximum atomic E-state index is 5.56. The lowest BCUT2D eigenvalue weighted by Gasteiger charge is -2.09. The van der Waals surface area contributed by atoms with Crippen LogP contribution in [0.15, 0.2) is 93.2 Å². The van der Waals surface area contributed by atoms with Crippen molar-refractivity contribution in [2.24, 2.45) is 0 Å². The molecule has 2 bridgehead atoms. The quantitative estimate of drug-likeness (QED) is 0.755. The lowest BCUT2D eigenvalue weighted by atomic mass is 9.96. The highest BCUT2D eigenvalue weighted by molar-refractivity contribution is 5.85. The lowest BCUT2D eigenvalue weighted by molar-refractivity contribution is 0.553. The molecule has 0 saturated heterocycles. The van der Waals surface area contributed by atoms with Crippen molar-refractivity contribution in [1.29, 1.82) is 0 Å². The van der Waals surface area contributed by atoms with E-state index in [1.165, 1.54) is 11.1 Å². The molecule has 2 heteroatoms. The second-order valence-corrected chi connectivity index (χ2v) is 5.06. The van der Waals surface area contributed by atoms with Crippen molar-refractivity contribution in [3.05, 3.63) is 95.9 Å². The topological polar surface area (TPSA) is 26.3 Å². The molecule has 0 aliphatic heterocycles. The molecule has 2 aliphatic carbocycles. The van der Waals surface area contributed by atoms with Crippen LogP contribution in [0.4, 0.5) is 0 Å². The number of fused-ring (bicyclic) bond motifs is 2. The van der Waals surface area contributed by atoms with Gasteiger partial charge in [0.05, 0.1) is 12.5 Å². The van der Waals surface area contributed by atoms with Crippen LogP contribution in [0.1, 0.15) is 17.9 Å². The highest BCUT2D eigenvalue weighted by Gasteiger charge is 2.18. The van der Waals surface area contributed by atoms with Gasteiger partial charge in [0.25, 0.3) is 0 Å². The summed E-state index contributed by atoms with van der Waals surface area (Å²) in [7, 11) is 0. The van der Waals surface area contributed by atoms with Crippen molar-refractivity contribution < 1.29 is 8.83 Å². The van der Waals surface area contributed by atoms with E-state index in [-0.39, 0.29) is 0 Å². The molecule has 2 nitrogen and oxygen atoms in total. The van der Waals surface area contributed by atoms with Gasteiger partial charge in [0.1, 0.15) is 11.5 Å². The Balaban J connectivity index is 1.80. The fourth-order valence-electron chi connectivity index (χ4n) is 2.77. The summed E-state index contributed by atoms with van der Waals surface area (Å²) in [6, 6.07) is 7.83. The second-order valence-electron chi connectivity index (χ2n) is 5.06. The van der Waals surface area contributed by atoms with E-state index in [1.807, 2.05) is 24.3 Å². The minimum absolute atomic E-state index is 0.867. The molecule has 0 fully saturated rings. The Morgan fingerprint density at radius 3 is 2.33 bits per heavy atom. The van der Waals surface area contributed by atoms with E-state index in [0.29, 0.717) is 0 Å². The van der Waals surface area contributed by atoms with Gasteiger partial charge >= 0.3 is 0 Å². The first-order valence-electron chi connectivity index (χ1n) is 6.99. The van der Waals surface area contributed by atoms with Crippen LogP contribution >= 0.6 is 0 Å². The summed E-state index contributed by atoms with van der Waals surface area (Å²) in [5.74, 6) is 1.81. The molecule has 2 aromatic rings. The van der Waals surface area contributed by atoms with Crippen molar-refractivity contribution in [3.63, 3.8) is 0 Å². The summed E-state index contributed by atoms with van der Waals surface area (Å²) in [4.78, 5) is 0. The van der Waals surface area contributed by atoms with Gasteiger partial charge in [0.15, 0.2) is 0 Å². The highest BCUT2D eigenvalue weighted by Crippen LogP contribution is 2.36. The molecular weight excluding hydrogens is 260 g/mol. The average Bonchev–Trinajstić information content (AvgIpc) is 3.13. The highest BCUT2D eigenvalue weighted by atomic mass is 16.3. The van der Waals surface area contributed by atoms with Gasteiger partial charge in [0, 0.05) is 11.1 Å². The summed E-state index contributed by atoms with van der Waals surface area (Å²) >= 11 is 0. The summed E-state index contributed by atoms with van der Waals surface area (Å²) in [5.41, 5.74) is 4.78. The molecule has 0 unspecified atom stereocenters. The van der Waals surface area contributed by atoms with Gasteiger partial charge in [-0.2, -0.15) is 0 Å². The van der Waals surface area contributed by atoms with Gasteiger partial charge < -0.3 is 8.83 Å². The fourth-order valence-corrected chi connectivity index (χ4v) is 2.77. The maximum absolute atomic E-state index is 5.56. The molecule has 0 amide bonds. The van der Waals surface area contributed by atoms with Crippen molar-refractivity contribution in [1.82, 2.24) is 0 Å². The van der Waals surface area contributed by atoms with Gasteiger partial charge in [-0.1, -0.05) is 36.5 Å². The molecule has 2 aromatic heterocycles. The van der Waals surface area contributed by atoms with E-state index in [0.717, 1.165) is 29.1 Å². The average molecular weight is 274 g/mol. The van der Waals surface area contributed by atoms with Crippen LogP contribution in [0, 0.1) is 0 Å². The normalized spacial score (nSPS) is 17.3. The molecule has 0 N–H and O–H groups in total. The molecule has 4 rings (SSSR count). The van der Waals surface area contributed by atoms with Crippen LogP contribution < -0.4 is 0 Å². The molecule has 0 radical (unpaired) electrons. The number of rotatable bonds is 2. The van der Waals surface area contributed by atoms with E-state index in [4.69, 9.17) is 8.83 Å². The zero-order valence-corrected chi connectivity index (χ0v) is 11.5. The summed E-state index contributed by atoms with van der Waals surface area (Å²) in [5, 5.41) is 0. The lowest BCUT2D eigenvalue weighted by Crippen LogP contribution is -1.90. The van der Waals surface area contributed by atoms with Crippen LogP contribution in [0.5, 0.6) is 0 Å². The first-order chi connectivity index (χ1) is 10.4. The first-order valence-corrected chi connectivity index (χ1v) is 6.99. The van der Waals surface area contributed by atoms with Crippen molar-refractivity contribution in [2.75, 3.05) is 0 Å². The van der Waals surface area contributed by atoms with Crippen LogP contribution in [-0.2, 0) is 0 Å². The third kappa shape index (κ3) is 2.15. The zero-order valence-electron chi connectivity index (χ0n) is 11.5. The van der Waals surface area contributed by atoms with E-state index in [1.54, 1.807) is 12.5 Å². The summed E-state index contributed by atoms with van der Waals surface area (Å²) in [6.45, 7) is 0. The van der Waals surface area contributed by atoms with E-state index >= 15 is 0 Å². The molecule has 2 heterocycles. The summed E-state index contributed by atoms with van der Waals surface area (Å²) in [6.07, 6.45) is 17.0. The Kier molecular flexibility index (Phi) is 2.86.